The summed E-state index contributed by atoms with van der Waals surface area (Å²) in [6, 6.07) is 12.3. The normalized spacial score (nSPS) is 19.2. The Morgan fingerprint density at radius 1 is 1.07 bits per heavy atom. The maximum absolute atomic E-state index is 13.6. The fourth-order valence-electron chi connectivity index (χ4n) is 4.62. The Bertz CT molecular complexity index is 936. The zero-order valence-corrected chi connectivity index (χ0v) is 18.6. The molecule has 5 nitrogen and oxygen atoms in total. The summed E-state index contributed by atoms with van der Waals surface area (Å²) in [5.41, 5.74) is 3.08. The van der Waals surface area contributed by atoms with Crippen LogP contribution in [0, 0.1) is 12.8 Å². The highest BCUT2D eigenvalue weighted by Crippen LogP contribution is 2.35. The number of carbonyl (C=O) groups is 2. The molecule has 0 radical (unpaired) electrons. The van der Waals surface area contributed by atoms with Crippen LogP contribution in [0.4, 0.5) is 0 Å². The molecule has 1 aromatic heterocycles. The van der Waals surface area contributed by atoms with Crippen molar-refractivity contribution in [3.8, 4) is 0 Å². The number of hydrogen-bond donors (Lipinski definition) is 0. The largest absolute Gasteiger partial charge is 0.348 e. The van der Waals surface area contributed by atoms with E-state index in [0.717, 1.165) is 37.1 Å². The van der Waals surface area contributed by atoms with Gasteiger partial charge in [0.05, 0.1) is 6.04 Å². The summed E-state index contributed by atoms with van der Waals surface area (Å²) >= 11 is 0. The number of rotatable bonds is 4. The predicted molar refractivity (Wildman–Crippen MR) is 118 cm³/mol. The van der Waals surface area contributed by atoms with Crippen molar-refractivity contribution in [1.29, 1.82) is 0 Å². The van der Waals surface area contributed by atoms with Crippen LogP contribution in [0.3, 0.4) is 0 Å². The van der Waals surface area contributed by atoms with Crippen molar-refractivity contribution in [2.75, 3.05) is 13.1 Å². The van der Waals surface area contributed by atoms with E-state index >= 15 is 0 Å². The lowest BCUT2D eigenvalue weighted by Gasteiger charge is -2.43. The molecule has 30 heavy (non-hydrogen) atoms. The van der Waals surface area contributed by atoms with E-state index in [9.17, 15) is 9.59 Å². The van der Waals surface area contributed by atoms with Crippen LogP contribution in [-0.4, -0.2) is 44.8 Å². The quantitative estimate of drug-likeness (QED) is 0.764. The molecular formula is C25H33N3O2. The second-order valence-corrected chi connectivity index (χ2v) is 9.70. The molecule has 2 heterocycles. The van der Waals surface area contributed by atoms with Crippen LogP contribution in [0.25, 0.3) is 0 Å². The number of benzene rings is 1. The van der Waals surface area contributed by atoms with Crippen molar-refractivity contribution in [2.45, 2.75) is 65.1 Å². The molecule has 0 saturated heterocycles. The molecule has 4 rings (SSSR count). The van der Waals surface area contributed by atoms with Gasteiger partial charge in [0.2, 0.25) is 11.8 Å². The Kier molecular flexibility index (Phi) is 5.48. The van der Waals surface area contributed by atoms with Gasteiger partial charge in [-0.05, 0) is 63.8 Å². The second kappa shape index (κ2) is 7.93. The van der Waals surface area contributed by atoms with Gasteiger partial charge in [0.25, 0.3) is 0 Å². The molecular weight excluding hydrogens is 374 g/mol. The lowest BCUT2D eigenvalue weighted by molar-refractivity contribution is -0.150. The highest BCUT2D eigenvalue weighted by Gasteiger charge is 2.39. The lowest BCUT2D eigenvalue weighted by Crippen LogP contribution is -2.55. The van der Waals surface area contributed by atoms with E-state index in [1.807, 2.05) is 42.7 Å². The molecule has 1 atom stereocenters. The lowest BCUT2D eigenvalue weighted by atomic mass is 9.83. The number of amides is 2. The molecule has 5 heteroatoms. The van der Waals surface area contributed by atoms with Crippen LogP contribution >= 0.6 is 0 Å². The summed E-state index contributed by atoms with van der Waals surface area (Å²) in [5.74, 6) is 0.246. The van der Waals surface area contributed by atoms with E-state index in [-0.39, 0.29) is 35.9 Å². The predicted octanol–water partition coefficient (Wildman–Crippen LogP) is 4.16. The van der Waals surface area contributed by atoms with Gasteiger partial charge in [-0.2, -0.15) is 0 Å². The average Bonchev–Trinajstić information content (AvgIpc) is 3.12. The van der Waals surface area contributed by atoms with Crippen LogP contribution < -0.4 is 0 Å². The van der Waals surface area contributed by atoms with Gasteiger partial charge in [-0.3, -0.25) is 9.59 Å². The molecule has 160 valence electrons. The Hall–Kier alpha value is -2.56. The van der Waals surface area contributed by atoms with E-state index < -0.39 is 0 Å². The first-order chi connectivity index (χ1) is 14.3. The maximum Gasteiger partial charge on any atom is 0.243 e. The molecule has 0 bridgehead atoms. The average molecular weight is 408 g/mol. The van der Waals surface area contributed by atoms with Crippen molar-refractivity contribution < 1.29 is 9.59 Å². The molecule has 0 spiro atoms. The monoisotopic (exact) mass is 407 g/mol. The third-order valence-corrected chi connectivity index (χ3v) is 6.67. The molecule has 1 saturated carbocycles. The highest BCUT2D eigenvalue weighted by molar-refractivity contribution is 5.87. The smallest absolute Gasteiger partial charge is 0.243 e. The van der Waals surface area contributed by atoms with Crippen molar-refractivity contribution in [1.82, 2.24) is 14.4 Å². The van der Waals surface area contributed by atoms with Crippen molar-refractivity contribution >= 4 is 11.8 Å². The van der Waals surface area contributed by atoms with Gasteiger partial charge in [0.15, 0.2) is 0 Å². The summed E-state index contributed by atoms with van der Waals surface area (Å²) in [4.78, 5) is 30.5. The van der Waals surface area contributed by atoms with Gasteiger partial charge in [0, 0.05) is 36.4 Å². The Balaban J connectivity index is 1.64. The van der Waals surface area contributed by atoms with Crippen molar-refractivity contribution in [2.24, 2.45) is 5.92 Å². The van der Waals surface area contributed by atoms with Crippen LogP contribution in [-0.2, 0) is 16.1 Å². The summed E-state index contributed by atoms with van der Waals surface area (Å²) in [7, 11) is 0. The molecule has 1 aliphatic heterocycles. The number of carbonyl (C=O) groups excluding carboxylic acids is 2. The Morgan fingerprint density at radius 2 is 1.80 bits per heavy atom. The summed E-state index contributed by atoms with van der Waals surface area (Å²) in [5, 5.41) is 0. The van der Waals surface area contributed by atoms with Gasteiger partial charge in [-0.1, -0.05) is 30.7 Å². The number of fused-ring (bicyclic) bond motifs is 1. The number of nitrogens with zero attached hydrogens (tertiary/aromatic N) is 3. The molecule has 1 aromatic carbocycles. The zero-order valence-electron chi connectivity index (χ0n) is 18.6. The fraction of sp³-hybridized carbons (Fsp3) is 0.520. The topological polar surface area (TPSA) is 45.6 Å². The third kappa shape index (κ3) is 3.78. The first kappa shape index (κ1) is 20.7. The van der Waals surface area contributed by atoms with Gasteiger partial charge in [-0.25, -0.2) is 0 Å². The minimum Gasteiger partial charge on any atom is -0.348 e. The number of hydrogen-bond acceptors (Lipinski definition) is 2. The minimum atomic E-state index is -0.378. The maximum atomic E-state index is 13.6. The van der Waals surface area contributed by atoms with E-state index in [0.29, 0.717) is 6.54 Å². The van der Waals surface area contributed by atoms with Crippen LogP contribution in [0.5, 0.6) is 0 Å². The van der Waals surface area contributed by atoms with Crippen LogP contribution in [0.1, 0.15) is 62.9 Å². The number of aromatic nitrogens is 1. The first-order valence-corrected chi connectivity index (χ1v) is 11.1. The molecule has 0 N–H and O–H groups in total. The number of aryl methyl sites for hydroxylation is 1. The highest BCUT2D eigenvalue weighted by atomic mass is 16.2. The second-order valence-electron chi connectivity index (χ2n) is 9.70. The molecule has 0 unspecified atom stereocenters. The van der Waals surface area contributed by atoms with Crippen molar-refractivity contribution in [3.05, 3.63) is 59.4 Å². The summed E-state index contributed by atoms with van der Waals surface area (Å²) in [6.07, 6.45) is 5.09. The molecule has 2 amide bonds. The van der Waals surface area contributed by atoms with E-state index in [4.69, 9.17) is 0 Å². The summed E-state index contributed by atoms with van der Waals surface area (Å²) < 4.78 is 2.24. The van der Waals surface area contributed by atoms with E-state index in [1.165, 1.54) is 5.56 Å². The van der Waals surface area contributed by atoms with Crippen LogP contribution in [0.15, 0.2) is 42.6 Å². The van der Waals surface area contributed by atoms with E-state index in [1.54, 1.807) is 0 Å². The Morgan fingerprint density at radius 3 is 2.43 bits per heavy atom. The van der Waals surface area contributed by atoms with Crippen LogP contribution in [0.2, 0.25) is 0 Å². The molecule has 2 aromatic rings. The molecule has 1 aliphatic carbocycles. The fourth-order valence-corrected chi connectivity index (χ4v) is 4.62. The van der Waals surface area contributed by atoms with Gasteiger partial charge in [-0.15, -0.1) is 0 Å². The van der Waals surface area contributed by atoms with Gasteiger partial charge < -0.3 is 14.4 Å². The molecule has 2 aliphatic rings. The standard InChI is InChI=1S/C25H33N3O2/c1-18-9-5-6-12-20(18)23-21-13-8-14-26(21)15-16-27(23)22(29)17-28(25(2,3)4)24(30)19-10-7-11-19/h5-6,8-9,12-14,19,23H,7,10-11,15-17H2,1-4H3/t23-/m0/s1. The molecule has 1 fully saturated rings. The minimum absolute atomic E-state index is 0.0262. The third-order valence-electron chi connectivity index (χ3n) is 6.67. The SMILES string of the molecule is Cc1ccccc1[C@H]1c2cccn2CCN1C(=O)CN(C(=O)C1CCC1)C(C)(C)C. The van der Waals surface area contributed by atoms with Gasteiger partial charge in [0.1, 0.15) is 6.54 Å². The zero-order chi connectivity index (χ0) is 21.5. The van der Waals surface area contributed by atoms with E-state index in [2.05, 4.69) is 42.0 Å². The first-order valence-electron chi connectivity index (χ1n) is 11.1. The Labute approximate surface area is 179 Å². The van der Waals surface area contributed by atoms with Gasteiger partial charge >= 0.3 is 0 Å². The summed E-state index contributed by atoms with van der Waals surface area (Å²) in [6.45, 7) is 9.74. The van der Waals surface area contributed by atoms with Crippen molar-refractivity contribution in [3.63, 3.8) is 0 Å².